The van der Waals surface area contributed by atoms with E-state index < -0.39 is 0 Å². The van der Waals surface area contributed by atoms with Gasteiger partial charge in [0, 0.05) is 0 Å². The first kappa shape index (κ1) is 9.53. The maximum absolute atomic E-state index is 9.74. The second kappa shape index (κ2) is 4.01. The molecule has 0 aliphatic heterocycles. The van der Waals surface area contributed by atoms with Gasteiger partial charge in [-0.2, -0.15) is 0 Å². The Hall–Kier alpha value is -1.02. The highest BCUT2D eigenvalue weighted by molar-refractivity contribution is 5.43. The third kappa shape index (κ3) is 1.75. The van der Waals surface area contributed by atoms with Gasteiger partial charge in [-0.15, -0.1) is 0 Å². The molecule has 0 heterocycles. The third-order valence-corrected chi connectivity index (χ3v) is 2.96. The van der Waals surface area contributed by atoms with Crippen LogP contribution in [0.25, 0.3) is 0 Å². The maximum Gasteiger partial charge on any atom is 0.119 e. The highest BCUT2D eigenvalue weighted by Crippen LogP contribution is 2.28. The first-order chi connectivity index (χ1) is 6.81. The van der Waals surface area contributed by atoms with E-state index in [0.29, 0.717) is 12.3 Å². The molecule has 3 N–H and O–H groups in total. The summed E-state index contributed by atoms with van der Waals surface area (Å²) in [6.07, 6.45) is 5.58. The number of aromatic hydroxyl groups is 1. The Kier molecular flexibility index (Phi) is 2.73. The van der Waals surface area contributed by atoms with Gasteiger partial charge in [0.15, 0.2) is 0 Å². The minimum atomic E-state index is 0.427. The molecule has 0 radical (unpaired) electrons. The van der Waals surface area contributed by atoms with Crippen molar-refractivity contribution in [3.63, 3.8) is 0 Å². The predicted octanol–water partition coefficient (Wildman–Crippen LogP) is 1.77. The van der Waals surface area contributed by atoms with Gasteiger partial charge in [-0.05, 0) is 61.4 Å². The van der Waals surface area contributed by atoms with Crippen LogP contribution in [0.15, 0.2) is 12.1 Å². The van der Waals surface area contributed by atoms with Crippen LogP contribution < -0.4 is 5.73 Å². The van der Waals surface area contributed by atoms with E-state index in [9.17, 15) is 5.11 Å². The Labute approximate surface area is 84.7 Å². The van der Waals surface area contributed by atoms with E-state index >= 15 is 0 Å². The van der Waals surface area contributed by atoms with Gasteiger partial charge in [0.25, 0.3) is 0 Å². The minimum Gasteiger partial charge on any atom is -0.508 e. The first-order valence-corrected chi connectivity index (χ1v) is 5.35. The number of hydrogen-bond donors (Lipinski definition) is 2. The highest BCUT2D eigenvalue weighted by atomic mass is 16.3. The fraction of sp³-hybridized carbons (Fsp3) is 0.500. The Balaban J connectivity index is 2.35. The van der Waals surface area contributed by atoms with Crippen molar-refractivity contribution < 1.29 is 5.11 Å². The van der Waals surface area contributed by atoms with Crippen molar-refractivity contribution in [2.45, 2.75) is 32.1 Å². The molecule has 0 amide bonds. The van der Waals surface area contributed by atoms with Crippen LogP contribution in [0.1, 0.15) is 29.5 Å². The molecule has 1 aliphatic carbocycles. The van der Waals surface area contributed by atoms with Gasteiger partial charge in [-0.25, -0.2) is 0 Å². The molecule has 0 fully saturated rings. The number of phenols is 1. The lowest BCUT2D eigenvalue weighted by Crippen LogP contribution is -2.07. The van der Waals surface area contributed by atoms with E-state index in [1.807, 2.05) is 6.07 Å². The van der Waals surface area contributed by atoms with Crippen LogP contribution in [0, 0.1) is 0 Å². The van der Waals surface area contributed by atoms with Gasteiger partial charge in [-0.3, -0.25) is 0 Å². The molecule has 0 unspecified atom stereocenters. The van der Waals surface area contributed by atoms with Crippen molar-refractivity contribution in [2.24, 2.45) is 5.73 Å². The molecule has 1 aromatic carbocycles. The Morgan fingerprint density at radius 3 is 2.43 bits per heavy atom. The summed E-state index contributed by atoms with van der Waals surface area (Å²) in [5.41, 5.74) is 9.24. The van der Waals surface area contributed by atoms with Crippen molar-refractivity contribution in [2.75, 3.05) is 6.54 Å². The summed E-state index contributed by atoms with van der Waals surface area (Å²) in [5.74, 6) is 0.427. The SMILES string of the molecule is NCCc1cc2c(cc1O)CCCC2. The zero-order valence-electron chi connectivity index (χ0n) is 8.42. The lowest BCUT2D eigenvalue weighted by molar-refractivity contribution is 0.466. The van der Waals surface area contributed by atoms with Gasteiger partial charge in [0.05, 0.1) is 0 Å². The molecular weight excluding hydrogens is 174 g/mol. The first-order valence-electron chi connectivity index (χ1n) is 5.35. The lowest BCUT2D eigenvalue weighted by atomic mass is 9.89. The summed E-state index contributed by atoms with van der Waals surface area (Å²) in [6.45, 7) is 0.604. The van der Waals surface area contributed by atoms with Crippen molar-refractivity contribution in [3.05, 3.63) is 28.8 Å². The molecule has 0 aromatic heterocycles. The summed E-state index contributed by atoms with van der Waals surface area (Å²) < 4.78 is 0. The number of phenolic OH excluding ortho intramolecular Hbond substituents is 1. The molecule has 2 nitrogen and oxygen atoms in total. The van der Waals surface area contributed by atoms with Gasteiger partial charge < -0.3 is 10.8 Å². The standard InChI is InChI=1S/C12H17NO/c13-6-5-11-7-9-3-1-2-4-10(9)8-12(11)14/h7-8,14H,1-6,13H2. The van der Waals surface area contributed by atoms with E-state index in [-0.39, 0.29) is 0 Å². The summed E-state index contributed by atoms with van der Waals surface area (Å²) in [7, 11) is 0. The smallest absolute Gasteiger partial charge is 0.119 e. The van der Waals surface area contributed by atoms with Crippen molar-refractivity contribution in [1.29, 1.82) is 0 Å². The monoisotopic (exact) mass is 191 g/mol. The van der Waals surface area contributed by atoms with Gasteiger partial charge in [0.2, 0.25) is 0 Å². The van der Waals surface area contributed by atoms with E-state index in [0.717, 1.165) is 24.8 Å². The van der Waals surface area contributed by atoms with Crippen molar-refractivity contribution in [1.82, 2.24) is 0 Å². The van der Waals surface area contributed by atoms with E-state index in [1.54, 1.807) is 0 Å². The van der Waals surface area contributed by atoms with Gasteiger partial charge >= 0.3 is 0 Å². The van der Waals surface area contributed by atoms with E-state index in [4.69, 9.17) is 5.73 Å². The van der Waals surface area contributed by atoms with Crippen LogP contribution in [0.5, 0.6) is 5.75 Å². The number of aryl methyl sites for hydroxylation is 2. The van der Waals surface area contributed by atoms with Crippen molar-refractivity contribution >= 4 is 0 Å². The summed E-state index contributed by atoms with van der Waals surface area (Å²) in [6, 6.07) is 4.07. The predicted molar refractivity (Wildman–Crippen MR) is 57.5 cm³/mol. The molecular formula is C12H17NO. The average Bonchev–Trinajstić information content (AvgIpc) is 2.19. The zero-order valence-corrected chi connectivity index (χ0v) is 8.42. The van der Waals surface area contributed by atoms with Crippen LogP contribution in [-0.4, -0.2) is 11.7 Å². The Bertz CT molecular complexity index is 333. The number of nitrogens with two attached hydrogens (primary N) is 1. The normalized spacial score (nSPS) is 15.2. The summed E-state index contributed by atoms with van der Waals surface area (Å²) in [5, 5.41) is 9.74. The lowest BCUT2D eigenvalue weighted by Gasteiger charge is -2.17. The van der Waals surface area contributed by atoms with Gasteiger partial charge in [-0.1, -0.05) is 6.07 Å². The molecule has 2 heteroatoms. The van der Waals surface area contributed by atoms with Crippen molar-refractivity contribution in [3.8, 4) is 5.75 Å². The second-order valence-electron chi connectivity index (χ2n) is 4.00. The fourth-order valence-electron chi connectivity index (χ4n) is 2.18. The second-order valence-corrected chi connectivity index (χ2v) is 4.00. The Morgan fingerprint density at radius 2 is 1.79 bits per heavy atom. The molecule has 76 valence electrons. The highest BCUT2D eigenvalue weighted by Gasteiger charge is 2.12. The number of rotatable bonds is 2. The molecule has 0 atom stereocenters. The van der Waals surface area contributed by atoms with E-state index in [1.165, 1.54) is 24.0 Å². The van der Waals surface area contributed by atoms with Crippen LogP contribution in [0.4, 0.5) is 0 Å². The number of benzene rings is 1. The number of fused-ring (bicyclic) bond motifs is 1. The van der Waals surface area contributed by atoms with Crippen LogP contribution in [0.3, 0.4) is 0 Å². The van der Waals surface area contributed by atoms with Crippen LogP contribution in [-0.2, 0) is 19.3 Å². The Morgan fingerprint density at radius 1 is 1.14 bits per heavy atom. The van der Waals surface area contributed by atoms with Crippen LogP contribution >= 0.6 is 0 Å². The third-order valence-electron chi connectivity index (χ3n) is 2.96. The molecule has 2 rings (SSSR count). The molecule has 0 saturated heterocycles. The molecule has 1 aliphatic rings. The zero-order chi connectivity index (χ0) is 9.97. The van der Waals surface area contributed by atoms with Crippen LogP contribution in [0.2, 0.25) is 0 Å². The average molecular weight is 191 g/mol. The molecule has 14 heavy (non-hydrogen) atoms. The molecule has 0 saturated carbocycles. The fourth-order valence-corrected chi connectivity index (χ4v) is 2.18. The summed E-state index contributed by atoms with van der Waals surface area (Å²) in [4.78, 5) is 0. The largest absolute Gasteiger partial charge is 0.508 e. The summed E-state index contributed by atoms with van der Waals surface area (Å²) >= 11 is 0. The maximum atomic E-state index is 9.74. The topological polar surface area (TPSA) is 46.2 Å². The quantitative estimate of drug-likeness (QED) is 0.748. The molecule has 0 spiro atoms. The van der Waals surface area contributed by atoms with Gasteiger partial charge in [0.1, 0.15) is 5.75 Å². The number of hydrogen-bond acceptors (Lipinski definition) is 2. The van der Waals surface area contributed by atoms with E-state index in [2.05, 4.69) is 6.07 Å². The molecule has 0 bridgehead atoms. The molecule has 1 aromatic rings. The minimum absolute atomic E-state index is 0.427.